The molecule has 0 saturated carbocycles. The van der Waals surface area contributed by atoms with E-state index in [4.69, 9.17) is 0 Å². The van der Waals surface area contributed by atoms with Crippen molar-refractivity contribution in [1.82, 2.24) is 0 Å². The average Bonchev–Trinajstić information content (AvgIpc) is 2.27. The molecular formula is C15H15. The van der Waals surface area contributed by atoms with Crippen molar-refractivity contribution >= 4 is 0 Å². The minimum atomic E-state index is 0.848. The van der Waals surface area contributed by atoms with Crippen molar-refractivity contribution in [2.75, 3.05) is 0 Å². The Balaban J connectivity index is 2.62. The molecule has 0 nitrogen and oxygen atoms in total. The van der Waals surface area contributed by atoms with Crippen LogP contribution in [0.2, 0.25) is 0 Å². The summed E-state index contributed by atoms with van der Waals surface area (Å²) in [5.74, 6) is 0. The van der Waals surface area contributed by atoms with E-state index in [0.717, 1.165) is 6.42 Å². The van der Waals surface area contributed by atoms with Crippen LogP contribution in [0.4, 0.5) is 0 Å². The van der Waals surface area contributed by atoms with Gasteiger partial charge < -0.3 is 0 Å². The molecule has 1 aliphatic carbocycles. The Labute approximate surface area is 92.0 Å². The molecule has 1 aliphatic rings. The van der Waals surface area contributed by atoms with E-state index in [1.165, 1.54) is 0 Å². The molecule has 0 heterocycles. The summed E-state index contributed by atoms with van der Waals surface area (Å²) in [5.41, 5.74) is 0. The van der Waals surface area contributed by atoms with Gasteiger partial charge in [-0.25, -0.2) is 0 Å². The lowest BCUT2D eigenvalue weighted by Gasteiger charge is -1.77. The average molecular weight is 195 g/mol. The van der Waals surface area contributed by atoms with Crippen molar-refractivity contribution in [3.8, 4) is 0 Å². The molecule has 0 aromatic carbocycles. The largest absolute Gasteiger partial charge is 0.0801 e. The van der Waals surface area contributed by atoms with Crippen LogP contribution in [0.1, 0.15) is 6.42 Å². The maximum absolute atomic E-state index is 3.15. The second-order valence-electron chi connectivity index (χ2n) is 2.93. The van der Waals surface area contributed by atoms with Gasteiger partial charge in [0, 0.05) is 0 Å². The van der Waals surface area contributed by atoms with Crippen LogP contribution < -0.4 is 0 Å². The zero-order valence-electron chi connectivity index (χ0n) is 8.71. The van der Waals surface area contributed by atoms with Gasteiger partial charge in [0.15, 0.2) is 0 Å². The smallest absolute Gasteiger partial charge is 0.00915 e. The summed E-state index contributed by atoms with van der Waals surface area (Å²) in [5, 5.41) is 0. The first-order valence-corrected chi connectivity index (χ1v) is 5.05. The van der Waals surface area contributed by atoms with Crippen molar-refractivity contribution in [2.24, 2.45) is 0 Å². The molecule has 0 aliphatic heterocycles. The summed E-state index contributed by atoms with van der Waals surface area (Å²) in [7, 11) is 0. The van der Waals surface area contributed by atoms with E-state index in [-0.39, 0.29) is 0 Å². The summed E-state index contributed by atoms with van der Waals surface area (Å²) in [6.45, 7) is 0. The highest BCUT2D eigenvalue weighted by Crippen LogP contribution is 1.90. The third-order valence-electron chi connectivity index (χ3n) is 1.70. The van der Waals surface area contributed by atoms with Crippen LogP contribution in [-0.4, -0.2) is 0 Å². The van der Waals surface area contributed by atoms with Crippen molar-refractivity contribution in [3.63, 3.8) is 0 Å². The van der Waals surface area contributed by atoms with Crippen LogP contribution in [0, 0.1) is 6.08 Å². The number of hydrogen-bond acceptors (Lipinski definition) is 0. The number of hydrogen-bond donors (Lipinski definition) is 0. The van der Waals surface area contributed by atoms with Gasteiger partial charge >= 0.3 is 0 Å². The van der Waals surface area contributed by atoms with E-state index in [9.17, 15) is 0 Å². The van der Waals surface area contributed by atoms with Crippen LogP contribution in [0.25, 0.3) is 0 Å². The summed E-state index contributed by atoms with van der Waals surface area (Å²) in [4.78, 5) is 0. The highest BCUT2D eigenvalue weighted by molar-refractivity contribution is 5.20. The lowest BCUT2D eigenvalue weighted by atomic mass is 10.3. The Morgan fingerprint density at radius 2 is 1.00 bits per heavy atom. The Bertz CT molecular complexity index is 310. The molecule has 0 bridgehead atoms. The standard InChI is InChI=1S/C15H15/c1-2-4-6-8-10-12-14-15-13-11-9-7-5-3-1/h1-13H,14H2/b3-1+,4-2-,7-5+,8-6+,11-9-,12-10+,15-13?. The lowest BCUT2D eigenvalue weighted by Crippen LogP contribution is -1.58. The van der Waals surface area contributed by atoms with Gasteiger partial charge in [-0.1, -0.05) is 79.0 Å². The fourth-order valence-corrected chi connectivity index (χ4v) is 0.984. The van der Waals surface area contributed by atoms with Crippen LogP contribution in [0.5, 0.6) is 0 Å². The van der Waals surface area contributed by atoms with Gasteiger partial charge in [0.1, 0.15) is 0 Å². The quantitative estimate of drug-likeness (QED) is 0.546. The molecule has 0 fully saturated rings. The molecule has 1 radical (unpaired) electrons. The summed E-state index contributed by atoms with van der Waals surface area (Å²) in [6.07, 6.45) is 30.0. The minimum absolute atomic E-state index is 0.848. The highest BCUT2D eigenvalue weighted by atomic mass is 13.8. The van der Waals surface area contributed by atoms with E-state index in [2.05, 4.69) is 12.2 Å². The first-order chi connectivity index (χ1) is 7.50. The Kier molecular flexibility index (Phi) is 6.58. The normalized spacial score (nSPS) is 31.5. The fraction of sp³-hybridized carbons (Fsp3) is 0.0667. The van der Waals surface area contributed by atoms with Gasteiger partial charge in [0.2, 0.25) is 0 Å². The van der Waals surface area contributed by atoms with E-state index in [1.807, 2.05) is 72.9 Å². The SMILES string of the molecule is [C]1=C/C=C\C=C\C=C\C=C/C=C/C=C/C/1. The van der Waals surface area contributed by atoms with Gasteiger partial charge in [-0.05, 0) is 12.5 Å². The molecule has 0 spiro atoms. The fourth-order valence-electron chi connectivity index (χ4n) is 0.984. The van der Waals surface area contributed by atoms with Gasteiger partial charge in [0.05, 0.1) is 0 Å². The first-order valence-electron chi connectivity index (χ1n) is 5.05. The molecule has 0 atom stereocenters. The first kappa shape index (κ1) is 11.3. The molecule has 0 N–H and O–H groups in total. The summed E-state index contributed by atoms with van der Waals surface area (Å²) in [6, 6.07) is 0. The highest BCUT2D eigenvalue weighted by Gasteiger charge is 1.70. The van der Waals surface area contributed by atoms with E-state index in [1.54, 1.807) is 0 Å². The van der Waals surface area contributed by atoms with E-state index >= 15 is 0 Å². The molecule has 15 heavy (non-hydrogen) atoms. The lowest BCUT2D eigenvalue weighted by molar-refractivity contribution is 1.34. The Morgan fingerprint density at radius 3 is 1.60 bits per heavy atom. The van der Waals surface area contributed by atoms with Crippen LogP contribution in [0.3, 0.4) is 0 Å². The molecule has 0 saturated heterocycles. The summed E-state index contributed by atoms with van der Waals surface area (Å²) >= 11 is 0. The van der Waals surface area contributed by atoms with Crippen LogP contribution >= 0.6 is 0 Å². The molecule has 75 valence electrons. The Hall–Kier alpha value is -1.82. The third-order valence-corrected chi connectivity index (χ3v) is 1.70. The second-order valence-corrected chi connectivity index (χ2v) is 2.93. The number of rotatable bonds is 0. The molecule has 0 aromatic rings. The third kappa shape index (κ3) is 7.27. The summed E-state index contributed by atoms with van der Waals surface area (Å²) < 4.78 is 0. The molecule has 0 aromatic heterocycles. The molecular weight excluding hydrogens is 180 g/mol. The zero-order chi connectivity index (χ0) is 10.6. The molecule has 0 amide bonds. The van der Waals surface area contributed by atoms with E-state index in [0.29, 0.717) is 0 Å². The van der Waals surface area contributed by atoms with Crippen molar-refractivity contribution < 1.29 is 0 Å². The van der Waals surface area contributed by atoms with Gasteiger partial charge in [0.25, 0.3) is 0 Å². The van der Waals surface area contributed by atoms with Crippen LogP contribution in [-0.2, 0) is 0 Å². The Morgan fingerprint density at radius 1 is 0.533 bits per heavy atom. The maximum atomic E-state index is 3.15. The maximum Gasteiger partial charge on any atom is -0.00915 e. The minimum Gasteiger partial charge on any atom is -0.0801 e. The van der Waals surface area contributed by atoms with Crippen molar-refractivity contribution in [3.05, 3.63) is 85.1 Å². The molecule has 1 rings (SSSR count). The molecule has 0 unspecified atom stereocenters. The topological polar surface area (TPSA) is 0 Å². The van der Waals surface area contributed by atoms with Crippen molar-refractivity contribution in [2.45, 2.75) is 6.42 Å². The zero-order valence-corrected chi connectivity index (χ0v) is 8.71. The predicted molar refractivity (Wildman–Crippen MR) is 67.3 cm³/mol. The van der Waals surface area contributed by atoms with Gasteiger partial charge in [-0.3, -0.25) is 0 Å². The van der Waals surface area contributed by atoms with Crippen LogP contribution in [0.15, 0.2) is 79.0 Å². The van der Waals surface area contributed by atoms with Gasteiger partial charge in [-0.15, -0.1) is 0 Å². The van der Waals surface area contributed by atoms with E-state index < -0.39 is 0 Å². The predicted octanol–water partition coefficient (Wildman–Crippen LogP) is 4.09. The second kappa shape index (κ2) is 8.76. The molecule has 0 heteroatoms. The monoisotopic (exact) mass is 195 g/mol. The van der Waals surface area contributed by atoms with Crippen molar-refractivity contribution in [1.29, 1.82) is 0 Å². The number of allylic oxidation sites excluding steroid dienone is 14. The van der Waals surface area contributed by atoms with Gasteiger partial charge in [-0.2, -0.15) is 0 Å².